The molecule has 3 fully saturated rings. The van der Waals surface area contributed by atoms with Crippen LogP contribution in [0, 0.1) is 11.8 Å². The first kappa shape index (κ1) is 11.4. The van der Waals surface area contributed by atoms with E-state index in [-0.39, 0.29) is 23.8 Å². The van der Waals surface area contributed by atoms with E-state index in [9.17, 15) is 9.59 Å². The summed E-state index contributed by atoms with van der Waals surface area (Å²) in [5.74, 6) is -0.147. The van der Waals surface area contributed by atoms with Gasteiger partial charge in [-0.25, -0.2) is 0 Å². The van der Waals surface area contributed by atoms with Crippen molar-refractivity contribution in [3.63, 3.8) is 0 Å². The predicted octanol–water partition coefficient (Wildman–Crippen LogP) is 1.67. The molecule has 1 saturated carbocycles. The van der Waals surface area contributed by atoms with Crippen molar-refractivity contribution in [2.24, 2.45) is 11.8 Å². The molecule has 2 aliphatic heterocycles. The van der Waals surface area contributed by atoms with Gasteiger partial charge < -0.3 is 9.47 Å². The first-order valence-corrected chi connectivity index (χ1v) is 6.10. The van der Waals surface area contributed by atoms with Gasteiger partial charge in [-0.2, -0.15) is 0 Å². The standard InChI is InChI=1S/C12H18O4/c13-11-9-3-5-10(6-4-9)12(14)16-8-2-1-7-15-11/h9-10H,1-8H2. The van der Waals surface area contributed by atoms with Crippen LogP contribution in [0.15, 0.2) is 0 Å². The van der Waals surface area contributed by atoms with Crippen LogP contribution in [0.2, 0.25) is 0 Å². The molecule has 2 saturated heterocycles. The molecular formula is C12H18O4. The fraction of sp³-hybridized carbons (Fsp3) is 0.833. The molecular weight excluding hydrogens is 208 g/mol. The number of hydrogen-bond donors (Lipinski definition) is 0. The van der Waals surface area contributed by atoms with E-state index in [0.29, 0.717) is 13.2 Å². The van der Waals surface area contributed by atoms with Crippen molar-refractivity contribution in [2.45, 2.75) is 38.5 Å². The topological polar surface area (TPSA) is 52.6 Å². The molecule has 4 nitrogen and oxygen atoms in total. The van der Waals surface area contributed by atoms with Crippen LogP contribution in [0.3, 0.4) is 0 Å². The van der Waals surface area contributed by atoms with Gasteiger partial charge in [0.1, 0.15) is 0 Å². The summed E-state index contributed by atoms with van der Waals surface area (Å²) < 4.78 is 10.4. The molecule has 16 heavy (non-hydrogen) atoms. The average Bonchev–Trinajstić information content (AvgIpc) is 2.31. The molecule has 4 heteroatoms. The van der Waals surface area contributed by atoms with Gasteiger partial charge in [0.25, 0.3) is 0 Å². The number of hydrogen-bond acceptors (Lipinski definition) is 4. The Bertz CT molecular complexity index is 238. The fourth-order valence-electron chi connectivity index (χ4n) is 2.35. The average molecular weight is 226 g/mol. The lowest BCUT2D eigenvalue weighted by Gasteiger charge is -2.26. The SMILES string of the molecule is O=C1OCCCCOC(=O)C2CCC1CC2. The van der Waals surface area contributed by atoms with Crippen molar-refractivity contribution in [1.82, 2.24) is 0 Å². The molecule has 2 bridgehead atoms. The van der Waals surface area contributed by atoms with E-state index >= 15 is 0 Å². The Morgan fingerprint density at radius 1 is 0.750 bits per heavy atom. The maximum atomic E-state index is 11.6. The molecule has 3 aliphatic rings. The molecule has 0 unspecified atom stereocenters. The molecule has 2 heterocycles. The first-order valence-electron chi connectivity index (χ1n) is 6.10. The Labute approximate surface area is 95.3 Å². The second-order valence-corrected chi connectivity index (χ2v) is 4.59. The lowest BCUT2D eigenvalue weighted by Crippen LogP contribution is -2.29. The second-order valence-electron chi connectivity index (χ2n) is 4.59. The molecule has 0 radical (unpaired) electrons. The molecule has 0 aromatic heterocycles. The highest BCUT2D eigenvalue weighted by atomic mass is 16.5. The van der Waals surface area contributed by atoms with Gasteiger partial charge in [0, 0.05) is 0 Å². The Kier molecular flexibility index (Phi) is 3.80. The highest BCUT2D eigenvalue weighted by Crippen LogP contribution is 2.30. The lowest BCUT2D eigenvalue weighted by molar-refractivity contribution is -0.156. The highest BCUT2D eigenvalue weighted by molar-refractivity contribution is 5.75. The zero-order valence-electron chi connectivity index (χ0n) is 9.44. The van der Waals surface area contributed by atoms with E-state index in [1.807, 2.05) is 0 Å². The van der Waals surface area contributed by atoms with Crippen LogP contribution < -0.4 is 0 Å². The van der Waals surface area contributed by atoms with Crippen LogP contribution in [-0.2, 0) is 19.1 Å². The molecule has 0 amide bonds. The van der Waals surface area contributed by atoms with Gasteiger partial charge in [-0.05, 0) is 38.5 Å². The van der Waals surface area contributed by atoms with Crippen LogP contribution in [0.5, 0.6) is 0 Å². The van der Waals surface area contributed by atoms with E-state index in [4.69, 9.17) is 9.47 Å². The highest BCUT2D eigenvalue weighted by Gasteiger charge is 2.31. The summed E-state index contributed by atoms with van der Waals surface area (Å²) in [5.41, 5.74) is 0. The first-order chi connectivity index (χ1) is 7.77. The number of carbonyl (C=O) groups is 2. The van der Waals surface area contributed by atoms with Crippen molar-refractivity contribution >= 4 is 11.9 Å². The minimum absolute atomic E-state index is 0.00322. The van der Waals surface area contributed by atoms with Crippen molar-refractivity contribution in [3.05, 3.63) is 0 Å². The minimum Gasteiger partial charge on any atom is -0.465 e. The van der Waals surface area contributed by atoms with Crippen LogP contribution in [0.4, 0.5) is 0 Å². The number of ether oxygens (including phenoxy) is 2. The van der Waals surface area contributed by atoms with Crippen LogP contribution in [0.1, 0.15) is 38.5 Å². The van der Waals surface area contributed by atoms with E-state index in [2.05, 4.69) is 0 Å². The third-order valence-electron chi connectivity index (χ3n) is 3.42. The number of carbonyl (C=O) groups excluding carboxylic acids is 2. The van der Waals surface area contributed by atoms with Crippen LogP contribution in [-0.4, -0.2) is 25.2 Å². The maximum absolute atomic E-state index is 11.6. The van der Waals surface area contributed by atoms with E-state index in [1.54, 1.807) is 0 Å². The number of esters is 2. The Balaban J connectivity index is 1.97. The van der Waals surface area contributed by atoms with Crippen molar-refractivity contribution in [1.29, 1.82) is 0 Å². The molecule has 90 valence electrons. The Hall–Kier alpha value is -1.06. The van der Waals surface area contributed by atoms with Crippen molar-refractivity contribution in [2.75, 3.05) is 13.2 Å². The normalized spacial score (nSPS) is 32.2. The van der Waals surface area contributed by atoms with Gasteiger partial charge in [-0.1, -0.05) is 0 Å². The Morgan fingerprint density at radius 2 is 1.12 bits per heavy atom. The lowest BCUT2D eigenvalue weighted by atomic mass is 9.82. The van der Waals surface area contributed by atoms with E-state index in [1.165, 1.54) is 0 Å². The summed E-state index contributed by atoms with van der Waals surface area (Å²) >= 11 is 0. The fourth-order valence-corrected chi connectivity index (χ4v) is 2.35. The van der Waals surface area contributed by atoms with Crippen LogP contribution in [0.25, 0.3) is 0 Å². The number of rotatable bonds is 0. The predicted molar refractivity (Wildman–Crippen MR) is 56.6 cm³/mol. The second kappa shape index (κ2) is 5.32. The summed E-state index contributed by atoms with van der Waals surface area (Å²) in [6, 6.07) is 0. The summed E-state index contributed by atoms with van der Waals surface area (Å²) in [4.78, 5) is 23.3. The summed E-state index contributed by atoms with van der Waals surface area (Å²) in [6.45, 7) is 0.909. The summed E-state index contributed by atoms with van der Waals surface area (Å²) in [6.07, 6.45) is 4.60. The molecule has 0 aromatic carbocycles. The molecule has 3 rings (SSSR count). The minimum atomic E-state index is -0.0765. The third kappa shape index (κ3) is 2.74. The van der Waals surface area contributed by atoms with Gasteiger partial charge in [-0.3, -0.25) is 9.59 Å². The zero-order chi connectivity index (χ0) is 11.4. The van der Waals surface area contributed by atoms with Gasteiger partial charge in [0.05, 0.1) is 25.0 Å². The van der Waals surface area contributed by atoms with Crippen molar-refractivity contribution in [3.8, 4) is 0 Å². The van der Waals surface area contributed by atoms with Crippen LogP contribution >= 0.6 is 0 Å². The van der Waals surface area contributed by atoms with Gasteiger partial charge >= 0.3 is 11.9 Å². The maximum Gasteiger partial charge on any atom is 0.308 e. The van der Waals surface area contributed by atoms with Gasteiger partial charge in [0.2, 0.25) is 0 Å². The van der Waals surface area contributed by atoms with Gasteiger partial charge in [-0.15, -0.1) is 0 Å². The monoisotopic (exact) mass is 226 g/mol. The quantitative estimate of drug-likeness (QED) is 0.590. The van der Waals surface area contributed by atoms with Crippen molar-refractivity contribution < 1.29 is 19.1 Å². The third-order valence-corrected chi connectivity index (χ3v) is 3.42. The van der Waals surface area contributed by atoms with Gasteiger partial charge in [0.15, 0.2) is 0 Å². The Morgan fingerprint density at radius 3 is 1.50 bits per heavy atom. The molecule has 0 atom stereocenters. The molecule has 1 aliphatic carbocycles. The summed E-state index contributed by atoms with van der Waals surface area (Å²) in [7, 11) is 0. The molecule has 0 spiro atoms. The summed E-state index contributed by atoms with van der Waals surface area (Å²) in [5, 5.41) is 0. The molecule has 0 N–H and O–H groups in total. The molecule has 0 aromatic rings. The largest absolute Gasteiger partial charge is 0.465 e. The van der Waals surface area contributed by atoms with E-state index < -0.39 is 0 Å². The zero-order valence-corrected chi connectivity index (χ0v) is 9.44. The number of fused-ring (bicyclic) bond motifs is 9. The smallest absolute Gasteiger partial charge is 0.308 e. The van der Waals surface area contributed by atoms with E-state index in [0.717, 1.165) is 38.5 Å².